The molecule has 1 fully saturated rings. The molecule has 8 heteroatoms. The largest absolute Gasteiger partial charge is 0.379 e. The molecule has 1 unspecified atom stereocenters. The van der Waals surface area contributed by atoms with Crippen LogP contribution in [0.15, 0.2) is 12.1 Å². The molecule has 1 aromatic carbocycles. The number of benzene rings is 1. The third-order valence-corrected chi connectivity index (χ3v) is 3.44. The number of hydrogen-bond acceptors (Lipinski definition) is 5. The molecule has 2 rings (SSSR count). The fraction of sp³-hybridized carbons (Fsp3) is 0.462. The smallest absolute Gasteiger partial charge is 0.294 e. The average molecular weight is 314 g/mol. The van der Waals surface area contributed by atoms with E-state index < -0.39 is 10.8 Å². The van der Waals surface area contributed by atoms with Crippen molar-refractivity contribution >= 4 is 28.9 Å². The van der Waals surface area contributed by atoms with Crippen LogP contribution in [0.3, 0.4) is 0 Å². The first-order valence-corrected chi connectivity index (χ1v) is 7.01. The maximum atomic E-state index is 12.1. The predicted octanol–water partition coefficient (Wildman–Crippen LogP) is 2.20. The SMILES string of the molecule is CCNc1c(Cl)cc(C(=O)NC2CCOC2)cc1[N+](=O)[O-]. The number of rotatable bonds is 5. The van der Waals surface area contributed by atoms with Crippen molar-refractivity contribution in [1.29, 1.82) is 0 Å². The Morgan fingerprint density at radius 2 is 2.33 bits per heavy atom. The fourth-order valence-electron chi connectivity index (χ4n) is 2.14. The summed E-state index contributed by atoms with van der Waals surface area (Å²) >= 11 is 6.05. The molecule has 0 spiro atoms. The lowest BCUT2D eigenvalue weighted by Gasteiger charge is -2.12. The van der Waals surface area contributed by atoms with Gasteiger partial charge in [-0.25, -0.2) is 0 Å². The van der Waals surface area contributed by atoms with Crippen molar-refractivity contribution in [2.45, 2.75) is 19.4 Å². The van der Waals surface area contributed by atoms with E-state index >= 15 is 0 Å². The standard InChI is InChI=1S/C13H16ClN3O4/c1-2-15-12-10(14)5-8(6-11(12)17(19)20)13(18)16-9-3-4-21-7-9/h5-6,9,15H,2-4,7H2,1H3,(H,16,18). The summed E-state index contributed by atoms with van der Waals surface area (Å²) < 4.78 is 5.17. The average Bonchev–Trinajstić information content (AvgIpc) is 2.93. The van der Waals surface area contributed by atoms with Gasteiger partial charge in [-0.05, 0) is 19.4 Å². The molecule has 0 aromatic heterocycles. The van der Waals surface area contributed by atoms with Crippen molar-refractivity contribution in [3.8, 4) is 0 Å². The zero-order valence-corrected chi connectivity index (χ0v) is 12.3. The Hall–Kier alpha value is -1.86. The summed E-state index contributed by atoms with van der Waals surface area (Å²) in [6.07, 6.45) is 0.733. The summed E-state index contributed by atoms with van der Waals surface area (Å²) in [5.74, 6) is -0.390. The Labute approximate surface area is 126 Å². The van der Waals surface area contributed by atoms with E-state index in [1.165, 1.54) is 12.1 Å². The monoisotopic (exact) mass is 313 g/mol. The fourth-order valence-corrected chi connectivity index (χ4v) is 2.42. The number of hydrogen-bond donors (Lipinski definition) is 2. The second-order valence-electron chi connectivity index (χ2n) is 4.67. The van der Waals surface area contributed by atoms with Gasteiger partial charge in [-0.15, -0.1) is 0 Å². The molecule has 114 valence electrons. The first-order valence-electron chi connectivity index (χ1n) is 6.63. The second-order valence-corrected chi connectivity index (χ2v) is 5.08. The lowest BCUT2D eigenvalue weighted by atomic mass is 10.1. The van der Waals surface area contributed by atoms with E-state index in [9.17, 15) is 14.9 Å². The van der Waals surface area contributed by atoms with Gasteiger partial charge in [0.05, 0.1) is 22.6 Å². The number of carbonyl (C=O) groups is 1. The van der Waals surface area contributed by atoms with Gasteiger partial charge in [0.1, 0.15) is 5.69 Å². The zero-order valence-electron chi connectivity index (χ0n) is 11.5. The molecule has 1 saturated heterocycles. The number of carbonyl (C=O) groups excluding carboxylic acids is 1. The molecular formula is C13H16ClN3O4. The molecule has 2 N–H and O–H groups in total. The third kappa shape index (κ3) is 3.62. The predicted molar refractivity (Wildman–Crippen MR) is 79.0 cm³/mol. The highest BCUT2D eigenvalue weighted by Gasteiger charge is 2.23. The van der Waals surface area contributed by atoms with Crippen molar-refractivity contribution in [2.24, 2.45) is 0 Å². The van der Waals surface area contributed by atoms with Crippen molar-refractivity contribution in [2.75, 3.05) is 25.1 Å². The van der Waals surface area contributed by atoms with Gasteiger partial charge >= 0.3 is 0 Å². The molecule has 1 heterocycles. The van der Waals surface area contributed by atoms with E-state index in [4.69, 9.17) is 16.3 Å². The molecule has 21 heavy (non-hydrogen) atoms. The van der Waals surface area contributed by atoms with Gasteiger partial charge in [0, 0.05) is 24.8 Å². The van der Waals surface area contributed by atoms with E-state index in [0.29, 0.717) is 19.8 Å². The zero-order chi connectivity index (χ0) is 15.4. The van der Waals surface area contributed by atoms with E-state index in [1.807, 2.05) is 0 Å². The lowest BCUT2D eigenvalue weighted by molar-refractivity contribution is -0.384. The van der Waals surface area contributed by atoms with Gasteiger partial charge < -0.3 is 15.4 Å². The third-order valence-electron chi connectivity index (χ3n) is 3.15. The van der Waals surface area contributed by atoms with Crippen molar-refractivity contribution in [1.82, 2.24) is 5.32 Å². The van der Waals surface area contributed by atoms with Crippen LogP contribution in [0.4, 0.5) is 11.4 Å². The van der Waals surface area contributed by atoms with Gasteiger partial charge in [-0.2, -0.15) is 0 Å². The second kappa shape index (κ2) is 6.73. The summed E-state index contributed by atoms with van der Waals surface area (Å²) in [7, 11) is 0. The van der Waals surface area contributed by atoms with Gasteiger partial charge in [-0.3, -0.25) is 14.9 Å². The van der Waals surface area contributed by atoms with E-state index in [0.717, 1.165) is 6.42 Å². The topological polar surface area (TPSA) is 93.5 Å². The van der Waals surface area contributed by atoms with Crippen LogP contribution >= 0.6 is 11.6 Å². The number of amides is 1. The van der Waals surface area contributed by atoms with Crippen LogP contribution in [-0.2, 0) is 4.74 Å². The number of nitro benzene ring substituents is 1. The number of halogens is 1. The van der Waals surface area contributed by atoms with Gasteiger partial charge in [0.25, 0.3) is 11.6 Å². The molecule has 0 aliphatic carbocycles. The molecule has 0 radical (unpaired) electrons. The Balaban J connectivity index is 2.27. The van der Waals surface area contributed by atoms with E-state index in [1.54, 1.807) is 6.92 Å². The Bertz CT molecular complexity index is 559. The molecule has 1 aliphatic rings. The summed E-state index contributed by atoms with van der Waals surface area (Å²) in [5, 5.41) is 16.9. The van der Waals surface area contributed by atoms with Crippen LogP contribution in [0.5, 0.6) is 0 Å². The molecule has 1 atom stereocenters. The summed E-state index contributed by atoms with van der Waals surface area (Å²) in [4.78, 5) is 22.7. The molecule has 1 aliphatic heterocycles. The highest BCUT2D eigenvalue weighted by atomic mass is 35.5. The number of nitrogens with zero attached hydrogens (tertiary/aromatic N) is 1. The maximum Gasteiger partial charge on any atom is 0.294 e. The molecule has 1 aromatic rings. The van der Waals surface area contributed by atoms with Gasteiger partial charge in [0.2, 0.25) is 0 Å². The van der Waals surface area contributed by atoms with E-state index in [-0.39, 0.29) is 28.0 Å². The number of nitro groups is 1. The minimum atomic E-state index is -0.556. The molecule has 1 amide bonds. The van der Waals surface area contributed by atoms with E-state index in [2.05, 4.69) is 10.6 Å². The molecular weight excluding hydrogens is 298 g/mol. The Morgan fingerprint density at radius 3 is 2.90 bits per heavy atom. The van der Waals surface area contributed by atoms with Crippen LogP contribution in [0.2, 0.25) is 5.02 Å². The Kier molecular flexibility index (Phi) is 4.98. The number of anilines is 1. The highest BCUT2D eigenvalue weighted by Crippen LogP contribution is 2.33. The minimum Gasteiger partial charge on any atom is -0.379 e. The molecule has 0 saturated carbocycles. The normalized spacial score (nSPS) is 17.5. The van der Waals surface area contributed by atoms with Crippen molar-refractivity contribution in [3.05, 3.63) is 32.8 Å². The van der Waals surface area contributed by atoms with Crippen LogP contribution in [0, 0.1) is 10.1 Å². The number of nitrogens with one attached hydrogen (secondary N) is 2. The van der Waals surface area contributed by atoms with Crippen molar-refractivity contribution in [3.63, 3.8) is 0 Å². The lowest BCUT2D eigenvalue weighted by Crippen LogP contribution is -2.35. The van der Waals surface area contributed by atoms with Crippen LogP contribution < -0.4 is 10.6 Å². The van der Waals surface area contributed by atoms with Gasteiger partial charge in [0.15, 0.2) is 0 Å². The summed E-state index contributed by atoms with van der Waals surface area (Å²) in [6, 6.07) is 2.59. The molecule has 7 nitrogen and oxygen atoms in total. The summed E-state index contributed by atoms with van der Waals surface area (Å²) in [6.45, 7) is 3.36. The first kappa shape index (κ1) is 15.5. The number of ether oxygens (including phenoxy) is 1. The minimum absolute atomic E-state index is 0.0659. The van der Waals surface area contributed by atoms with Crippen LogP contribution in [0.1, 0.15) is 23.7 Å². The van der Waals surface area contributed by atoms with Crippen LogP contribution in [0.25, 0.3) is 0 Å². The van der Waals surface area contributed by atoms with Crippen LogP contribution in [-0.4, -0.2) is 36.6 Å². The quantitative estimate of drug-likeness (QED) is 0.642. The van der Waals surface area contributed by atoms with Gasteiger partial charge in [-0.1, -0.05) is 11.6 Å². The molecule has 0 bridgehead atoms. The maximum absolute atomic E-state index is 12.1. The highest BCUT2D eigenvalue weighted by molar-refractivity contribution is 6.34. The summed E-state index contributed by atoms with van der Waals surface area (Å²) in [5.41, 5.74) is 0.183. The first-order chi connectivity index (χ1) is 10.0. The Morgan fingerprint density at radius 1 is 1.57 bits per heavy atom. The van der Waals surface area contributed by atoms with Crippen molar-refractivity contribution < 1.29 is 14.5 Å².